The maximum atomic E-state index is 13.1. The fourth-order valence-corrected chi connectivity index (χ4v) is 7.16. The average Bonchev–Trinajstić information content (AvgIpc) is 3.24. The molecule has 32 heavy (non-hydrogen) atoms. The largest absolute Gasteiger partial charge is 0.493 e. The number of ether oxygens (including phenoxy) is 2. The van der Waals surface area contributed by atoms with Gasteiger partial charge >= 0.3 is 0 Å². The topological polar surface area (TPSA) is 59.1 Å². The molecular weight excluding hydrogens is 448 g/mol. The Morgan fingerprint density at radius 3 is 2.66 bits per heavy atom. The molecule has 4 rings (SSSR count). The number of methoxy groups -OCH3 is 2. The molecule has 1 unspecified atom stereocenters. The van der Waals surface area contributed by atoms with Crippen LogP contribution in [-0.4, -0.2) is 58.0 Å². The standard InChI is InChI=1S/C24H31ClN2O4S/c1-4-27(32(28,29)22-9-6-5-8-19(22)25)14-7-13-26-15-12-17-16-21(30-2)24(31-3)18-10-11-20(26)23(17)18/h5-6,8-9,16,20H,4,7,10-15H2,1-3H3. The Balaban J connectivity index is 1.46. The van der Waals surface area contributed by atoms with Crippen LogP contribution in [0.1, 0.15) is 42.5 Å². The van der Waals surface area contributed by atoms with Crippen LogP contribution in [0.5, 0.6) is 11.5 Å². The molecule has 0 fully saturated rings. The van der Waals surface area contributed by atoms with Crippen molar-refractivity contribution >= 4 is 21.6 Å². The number of rotatable bonds is 9. The molecule has 8 heteroatoms. The summed E-state index contributed by atoms with van der Waals surface area (Å²) in [6.07, 6.45) is 3.77. The molecule has 0 bridgehead atoms. The summed E-state index contributed by atoms with van der Waals surface area (Å²) in [4.78, 5) is 2.68. The molecule has 1 aliphatic carbocycles. The number of sulfonamides is 1. The predicted molar refractivity (Wildman–Crippen MR) is 126 cm³/mol. The molecule has 0 aromatic heterocycles. The van der Waals surface area contributed by atoms with E-state index in [9.17, 15) is 8.42 Å². The first kappa shape index (κ1) is 23.4. The number of halogens is 1. The molecule has 1 atom stereocenters. The van der Waals surface area contributed by atoms with E-state index >= 15 is 0 Å². The van der Waals surface area contributed by atoms with Crippen LogP contribution in [0.3, 0.4) is 0 Å². The van der Waals surface area contributed by atoms with E-state index in [2.05, 4.69) is 11.0 Å². The van der Waals surface area contributed by atoms with E-state index in [0.29, 0.717) is 19.1 Å². The van der Waals surface area contributed by atoms with Gasteiger partial charge in [-0.1, -0.05) is 30.7 Å². The van der Waals surface area contributed by atoms with E-state index in [1.54, 1.807) is 38.5 Å². The summed E-state index contributed by atoms with van der Waals surface area (Å²) < 4.78 is 38.9. The molecule has 0 amide bonds. The minimum atomic E-state index is -3.61. The lowest BCUT2D eigenvalue weighted by atomic mass is 9.92. The van der Waals surface area contributed by atoms with Crippen LogP contribution < -0.4 is 9.47 Å². The Morgan fingerprint density at radius 2 is 1.97 bits per heavy atom. The van der Waals surface area contributed by atoms with Crippen molar-refractivity contribution in [3.63, 3.8) is 0 Å². The fraction of sp³-hybridized carbons (Fsp3) is 0.500. The summed E-state index contributed by atoms with van der Waals surface area (Å²) in [6.45, 7) is 4.58. The molecule has 0 saturated carbocycles. The number of benzene rings is 2. The van der Waals surface area contributed by atoms with Crippen LogP contribution >= 0.6 is 11.6 Å². The van der Waals surface area contributed by atoms with E-state index in [1.807, 2.05) is 6.92 Å². The van der Waals surface area contributed by atoms with E-state index in [1.165, 1.54) is 21.0 Å². The highest BCUT2D eigenvalue weighted by molar-refractivity contribution is 7.89. The van der Waals surface area contributed by atoms with E-state index in [0.717, 1.165) is 50.3 Å². The van der Waals surface area contributed by atoms with Crippen molar-refractivity contribution < 1.29 is 17.9 Å². The molecule has 0 spiro atoms. The van der Waals surface area contributed by atoms with Crippen molar-refractivity contribution in [3.8, 4) is 11.5 Å². The van der Waals surface area contributed by atoms with Crippen LogP contribution in [0.15, 0.2) is 35.2 Å². The Labute approximate surface area is 196 Å². The Hall–Kier alpha value is -1.80. The zero-order chi connectivity index (χ0) is 22.9. The molecule has 2 aromatic rings. The lowest BCUT2D eigenvalue weighted by Crippen LogP contribution is -2.38. The van der Waals surface area contributed by atoms with Crippen LogP contribution in [-0.2, 0) is 22.9 Å². The van der Waals surface area contributed by atoms with Crippen molar-refractivity contribution in [2.45, 2.75) is 43.5 Å². The Morgan fingerprint density at radius 1 is 1.19 bits per heavy atom. The number of hydrogen-bond donors (Lipinski definition) is 0. The summed E-state index contributed by atoms with van der Waals surface area (Å²) in [6, 6.07) is 9.13. The lowest BCUT2D eigenvalue weighted by molar-refractivity contribution is 0.179. The van der Waals surface area contributed by atoms with Gasteiger partial charge in [0.1, 0.15) is 4.90 Å². The molecule has 2 aliphatic rings. The van der Waals surface area contributed by atoms with Gasteiger partial charge in [0.2, 0.25) is 10.0 Å². The van der Waals surface area contributed by atoms with Gasteiger partial charge in [-0.3, -0.25) is 4.90 Å². The fourth-order valence-electron chi connectivity index (χ4n) is 5.18. The first-order chi connectivity index (χ1) is 15.4. The third-order valence-electron chi connectivity index (χ3n) is 6.67. The van der Waals surface area contributed by atoms with Crippen LogP contribution in [0.4, 0.5) is 0 Å². The first-order valence-electron chi connectivity index (χ1n) is 11.2. The van der Waals surface area contributed by atoms with Crippen molar-refractivity contribution in [2.75, 3.05) is 40.4 Å². The SMILES string of the molecule is CCN(CCCN1CCc2cc(OC)c(OC)c3c2C1CC3)S(=O)(=O)c1ccccc1Cl. The van der Waals surface area contributed by atoms with Gasteiger partial charge in [-0.15, -0.1) is 0 Å². The summed E-state index contributed by atoms with van der Waals surface area (Å²) in [5.41, 5.74) is 4.02. The monoisotopic (exact) mass is 478 g/mol. The third kappa shape index (κ3) is 4.12. The van der Waals surface area contributed by atoms with Gasteiger partial charge in [0.05, 0.1) is 19.2 Å². The zero-order valence-corrected chi connectivity index (χ0v) is 20.5. The summed E-state index contributed by atoms with van der Waals surface area (Å²) in [5, 5.41) is 0.265. The molecule has 2 aromatic carbocycles. The second-order valence-corrected chi connectivity index (χ2v) is 10.6. The quantitative estimate of drug-likeness (QED) is 0.537. The highest BCUT2D eigenvalue weighted by Crippen LogP contribution is 2.48. The number of hydrogen-bond acceptors (Lipinski definition) is 5. The minimum absolute atomic E-state index is 0.178. The van der Waals surface area contributed by atoms with E-state index < -0.39 is 10.0 Å². The Bertz CT molecular complexity index is 1090. The predicted octanol–water partition coefficient (Wildman–Crippen LogP) is 4.30. The van der Waals surface area contributed by atoms with Gasteiger partial charge in [0.25, 0.3) is 0 Å². The molecule has 0 radical (unpaired) electrons. The normalized spacial score (nSPS) is 18.1. The summed E-state index contributed by atoms with van der Waals surface area (Å²) in [5.74, 6) is 1.68. The van der Waals surface area contributed by atoms with Crippen molar-refractivity contribution in [1.82, 2.24) is 9.21 Å². The smallest absolute Gasteiger partial charge is 0.244 e. The van der Waals surface area contributed by atoms with E-state index in [-0.39, 0.29) is 9.92 Å². The van der Waals surface area contributed by atoms with Gasteiger partial charge in [0, 0.05) is 37.8 Å². The van der Waals surface area contributed by atoms with Gasteiger partial charge in [-0.05, 0) is 55.0 Å². The van der Waals surface area contributed by atoms with Gasteiger partial charge in [-0.2, -0.15) is 4.31 Å². The molecule has 1 heterocycles. The second kappa shape index (κ2) is 9.59. The maximum Gasteiger partial charge on any atom is 0.244 e. The molecule has 0 N–H and O–H groups in total. The first-order valence-corrected chi connectivity index (χ1v) is 13.0. The van der Waals surface area contributed by atoms with Gasteiger partial charge in [0.15, 0.2) is 11.5 Å². The van der Waals surface area contributed by atoms with Crippen molar-refractivity contribution in [2.24, 2.45) is 0 Å². The van der Waals surface area contributed by atoms with E-state index in [4.69, 9.17) is 21.1 Å². The molecular formula is C24H31ClN2O4S. The average molecular weight is 479 g/mol. The van der Waals surface area contributed by atoms with Crippen molar-refractivity contribution in [3.05, 3.63) is 52.0 Å². The minimum Gasteiger partial charge on any atom is -0.493 e. The van der Waals surface area contributed by atoms with Crippen LogP contribution in [0.25, 0.3) is 0 Å². The highest BCUT2D eigenvalue weighted by atomic mass is 35.5. The summed E-state index contributed by atoms with van der Waals surface area (Å²) >= 11 is 6.17. The van der Waals surface area contributed by atoms with Crippen molar-refractivity contribution in [1.29, 1.82) is 0 Å². The lowest BCUT2D eigenvalue weighted by Gasteiger charge is -2.36. The molecule has 0 saturated heterocycles. The van der Waals surface area contributed by atoms with Gasteiger partial charge < -0.3 is 9.47 Å². The van der Waals surface area contributed by atoms with Crippen LogP contribution in [0.2, 0.25) is 5.02 Å². The highest BCUT2D eigenvalue weighted by Gasteiger charge is 2.36. The maximum absolute atomic E-state index is 13.1. The number of nitrogens with zero attached hydrogens (tertiary/aromatic N) is 2. The van der Waals surface area contributed by atoms with Crippen LogP contribution in [0, 0.1) is 0 Å². The molecule has 1 aliphatic heterocycles. The molecule has 174 valence electrons. The van der Waals surface area contributed by atoms with Gasteiger partial charge in [-0.25, -0.2) is 8.42 Å². The Kier molecular flexibility index (Phi) is 7.00. The second-order valence-electron chi connectivity index (χ2n) is 8.28. The molecule has 6 nitrogen and oxygen atoms in total. The summed E-state index contributed by atoms with van der Waals surface area (Å²) in [7, 11) is -0.215. The zero-order valence-electron chi connectivity index (χ0n) is 18.9. The third-order valence-corrected chi connectivity index (χ3v) is 9.14.